The molecule has 2 aromatic rings. The van der Waals surface area contributed by atoms with Gasteiger partial charge >= 0.3 is 5.97 Å². The second-order valence-electron chi connectivity index (χ2n) is 8.37. The van der Waals surface area contributed by atoms with E-state index in [1.165, 1.54) is 0 Å². The Bertz CT molecular complexity index is 1220. The van der Waals surface area contributed by atoms with Gasteiger partial charge in [0.25, 0.3) is 0 Å². The highest BCUT2D eigenvalue weighted by molar-refractivity contribution is 6.26. The summed E-state index contributed by atoms with van der Waals surface area (Å²) in [5.41, 5.74) is 4.00. The molecule has 4 rings (SSSR count). The van der Waals surface area contributed by atoms with Crippen LogP contribution in [0.5, 0.6) is 17.2 Å². The van der Waals surface area contributed by atoms with Crippen LogP contribution in [0.4, 0.5) is 0 Å². The molecule has 2 unspecified atom stereocenters. The van der Waals surface area contributed by atoms with Crippen molar-refractivity contribution in [1.82, 2.24) is 0 Å². The number of nitrogens with zero attached hydrogens (tertiary/aromatic N) is 1. The monoisotopic (exact) mass is 475 g/mol. The summed E-state index contributed by atoms with van der Waals surface area (Å²) in [7, 11) is 4.66. The van der Waals surface area contributed by atoms with Gasteiger partial charge in [0.05, 0.1) is 45.1 Å². The number of ketones is 1. The van der Waals surface area contributed by atoms with E-state index in [4.69, 9.17) is 18.9 Å². The van der Waals surface area contributed by atoms with Crippen LogP contribution >= 0.6 is 0 Å². The molecule has 1 aliphatic carbocycles. The third-order valence-electron chi connectivity index (χ3n) is 6.34. The van der Waals surface area contributed by atoms with E-state index in [0.29, 0.717) is 46.2 Å². The van der Waals surface area contributed by atoms with Gasteiger partial charge in [-0.2, -0.15) is 0 Å². The van der Waals surface area contributed by atoms with Crippen molar-refractivity contribution >= 4 is 17.5 Å². The lowest BCUT2D eigenvalue weighted by molar-refractivity contribution is -0.139. The summed E-state index contributed by atoms with van der Waals surface area (Å²) >= 11 is 0. The minimum atomic E-state index is -0.586. The number of Topliss-reactive ketones (excluding diaryl/α,β-unsaturated/α-hetero) is 1. The maximum Gasteiger partial charge on any atom is 0.336 e. The van der Waals surface area contributed by atoms with Crippen LogP contribution in [0.15, 0.2) is 70.4 Å². The van der Waals surface area contributed by atoms with Crippen molar-refractivity contribution in [3.63, 3.8) is 0 Å². The third-order valence-corrected chi connectivity index (χ3v) is 6.34. The molecule has 7 heteroatoms. The molecule has 182 valence electrons. The molecular weight excluding hydrogens is 446 g/mol. The number of benzene rings is 2. The quantitative estimate of drug-likeness (QED) is 0.525. The largest absolute Gasteiger partial charge is 0.493 e. The SMILES string of the molecule is CCOC(=O)C1=C(C)N=C2C=C(Cc3cc(OC)c(OC)c(OC)c3)C(=O)C2C1c1ccccc1. The average molecular weight is 476 g/mol. The Morgan fingerprint density at radius 2 is 1.63 bits per heavy atom. The lowest BCUT2D eigenvalue weighted by Crippen LogP contribution is -2.33. The van der Waals surface area contributed by atoms with Crippen LogP contribution in [0.2, 0.25) is 0 Å². The van der Waals surface area contributed by atoms with E-state index in [-0.39, 0.29) is 12.4 Å². The number of carbonyl (C=O) groups excluding carboxylic acids is 2. The summed E-state index contributed by atoms with van der Waals surface area (Å²) < 4.78 is 21.7. The van der Waals surface area contributed by atoms with E-state index < -0.39 is 17.8 Å². The highest BCUT2D eigenvalue weighted by Gasteiger charge is 2.45. The van der Waals surface area contributed by atoms with E-state index in [9.17, 15) is 9.59 Å². The molecule has 0 saturated carbocycles. The van der Waals surface area contributed by atoms with Crippen molar-refractivity contribution in [2.24, 2.45) is 10.9 Å². The van der Waals surface area contributed by atoms with E-state index >= 15 is 0 Å². The van der Waals surface area contributed by atoms with Crippen LogP contribution in [-0.4, -0.2) is 45.4 Å². The standard InChI is InChI=1S/C28H29NO6/c1-6-35-28(31)23-16(2)29-20-15-19(26(30)25(20)24(23)18-10-8-7-9-11-18)12-17-13-21(32-3)27(34-5)22(14-17)33-4/h7-11,13-15,24-25H,6,12H2,1-5H3. The maximum atomic E-state index is 13.8. The molecule has 7 nitrogen and oxygen atoms in total. The van der Waals surface area contributed by atoms with Gasteiger partial charge in [-0.1, -0.05) is 30.3 Å². The Hall–Kier alpha value is -3.87. The van der Waals surface area contributed by atoms with Gasteiger partial charge in [0.15, 0.2) is 17.3 Å². The Balaban J connectivity index is 1.75. The van der Waals surface area contributed by atoms with Gasteiger partial charge in [0.2, 0.25) is 5.75 Å². The topological polar surface area (TPSA) is 83.4 Å². The van der Waals surface area contributed by atoms with Crippen molar-refractivity contribution in [3.8, 4) is 17.2 Å². The van der Waals surface area contributed by atoms with E-state index in [1.54, 1.807) is 35.2 Å². The fraction of sp³-hybridized carbons (Fsp3) is 0.321. The van der Waals surface area contributed by atoms with Crippen LogP contribution in [-0.2, 0) is 20.7 Å². The van der Waals surface area contributed by atoms with Gasteiger partial charge < -0.3 is 18.9 Å². The summed E-state index contributed by atoms with van der Waals surface area (Å²) in [4.78, 5) is 31.4. The first kappa shape index (κ1) is 24.3. The number of esters is 1. The van der Waals surface area contributed by atoms with Crippen molar-refractivity contribution < 1.29 is 28.5 Å². The van der Waals surface area contributed by atoms with Gasteiger partial charge in [0.1, 0.15) is 0 Å². The summed E-state index contributed by atoms with van der Waals surface area (Å²) in [5.74, 6) is -0.0138. The lowest BCUT2D eigenvalue weighted by atomic mass is 9.75. The van der Waals surface area contributed by atoms with Crippen molar-refractivity contribution in [2.45, 2.75) is 26.2 Å². The maximum absolute atomic E-state index is 13.8. The number of carbonyl (C=O) groups is 2. The second kappa shape index (κ2) is 10.2. The van der Waals surface area contributed by atoms with Crippen molar-refractivity contribution in [1.29, 1.82) is 0 Å². The van der Waals surface area contributed by atoms with Crippen molar-refractivity contribution in [3.05, 3.63) is 76.5 Å². The molecule has 2 atom stereocenters. The number of ether oxygens (including phenoxy) is 4. The molecule has 0 spiro atoms. The molecular formula is C28H29NO6. The van der Waals surface area contributed by atoms with E-state index in [1.807, 2.05) is 48.5 Å². The van der Waals surface area contributed by atoms with Gasteiger partial charge in [-0.15, -0.1) is 0 Å². The molecule has 0 aromatic heterocycles. The highest BCUT2D eigenvalue weighted by atomic mass is 16.5. The Labute approximate surface area is 205 Å². The smallest absolute Gasteiger partial charge is 0.336 e. The first-order valence-electron chi connectivity index (χ1n) is 11.5. The molecule has 0 radical (unpaired) electrons. The van der Waals surface area contributed by atoms with Gasteiger partial charge in [-0.25, -0.2) is 4.79 Å². The van der Waals surface area contributed by atoms with Crippen LogP contribution in [0, 0.1) is 5.92 Å². The zero-order valence-electron chi connectivity index (χ0n) is 20.6. The zero-order chi connectivity index (χ0) is 25.1. The van der Waals surface area contributed by atoms with Crippen LogP contribution in [0.1, 0.15) is 30.9 Å². The summed E-state index contributed by atoms with van der Waals surface area (Å²) in [5, 5.41) is 0. The molecule has 0 fully saturated rings. The average Bonchev–Trinajstić information content (AvgIpc) is 3.17. The first-order chi connectivity index (χ1) is 16.9. The predicted molar refractivity (Wildman–Crippen MR) is 132 cm³/mol. The number of rotatable bonds is 8. The van der Waals surface area contributed by atoms with Crippen molar-refractivity contribution in [2.75, 3.05) is 27.9 Å². The molecule has 2 aliphatic rings. The molecule has 0 N–H and O–H groups in total. The molecule has 0 saturated heterocycles. The minimum absolute atomic E-state index is 0.0550. The molecule has 1 aliphatic heterocycles. The van der Waals surface area contributed by atoms with Gasteiger partial charge in [-0.05, 0) is 43.2 Å². The Kier molecular flexibility index (Phi) is 7.05. The second-order valence-corrected chi connectivity index (χ2v) is 8.37. The van der Waals surface area contributed by atoms with E-state index in [0.717, 1.165) is 11.1 Å². The lowest BCUT2D eigenvalue weighted by Gasteiger charge is -2.30. The fourth-order valence-corrected chi connectivity index (χ4v) is 4.84. The number of aliphatic imine (C=N–C) groups is 1. The Morgan fingerprint density at radius 1 is 0.971 bits per heavy atom. The summed E-state index contributed by atoms with van der Waals surface area (Å²) in [6.45, 7) is 3.80. The summed E-state index contributed by atoms with van der Waals surface area (Å²) in [6.07, 6.45) is 2.21. The molecule has 0 bridgehead atoms. The minimum Gasteiger partial charge on any atom is -0.493 e. The first-order valence-corrected chi connectivity index (χ1v) is 11.5. The van der Waals surface area contributed by atoms with Gasteiger partial charge in [0, 0.05) is 23.6 Å². The fourth-order valence-electron chi connectivity index (χ4n) is 4.84. The number of hydrogen-bond donors (Lipinski definition) is 0. The summed E-state index contributed by atoms with van der Waals surface area (Å²) in [6, 6.07) is 13.3. The van der Waals surface area contributed by atoms with E-state index in [2.05, 4.69) is 4.99 Å². The van der Waals surface area contributed by atoms with Crippen LogP contribution in [0.25, 0.3) is 0 Å². The predicted octanol–water partition coefficient (Wildman–Crippen LogP) is 4.46. The number of hydrogen-bond acceptors (Lipinski definition) is 7. The number of allylic oxidation sites excluding steroid dienone is 3. The Morgan fingerprint density at radius 3 is 2.20 bits per heavy atom. The zero-order valence-corrected chi connectivity index (χ0v) is 20.6. The number of methoxy groups -OCH3 is 3. The third kappa shape index (κ3) is 4.46. The highest BCUT2D eigenvalue weighted by Crippen LogP contribution is 2.45. The van der Waals surface area contributed by atoms with Gasteiger partial charge in [-0.3, -0.25) is 9.79 Å². The molecule has 0 amide bonds. The molecule has 2 aromatic carbocycles. The number of fused-ring (bicyclic) bond motifs is 1. The molecule has 1 heterocycles. The normalized spacial score (nSPS) is 19.1. The van der Waals surface area contributed by atoms with Crippen LogP contribution in [0.3, 0.4) is 0 Å². The van der Waals surface area contributed by atoms with Crippen LogP contribution < -0.4 is 14.2 Å². The molecule has 35 heavy (non-hydrogen) atoms.